The summed E-state index contributed by atoms with van der Waals surface area (Å²) in [6.07, 6.45) is 2.80. The number of amidine groups is 2. The summed E-state index contributed by atoms with van der Waals surface area (Å²) in [4.78, 5) is 11.4. The summed E-state index contributed by atoms with van der Waals surface area (Å²) >= 11 is 1.48. The van der Waals surface area contributed by atoms with Gasteiger partial charge in [0, 0.05) is 31.9 Å². The molecular weight excluding hydrogens is 382 g/mol. The van der Waals surface area contributed by atoms with Crippen molar-refractivity contribution in [1.29, 1.82) is 5.41 Å². The van der Waals surface area contributed by atoms with Crippen LogP contribution in [0.15, 0.2) is 22.4 Å². The van der Waals surface area contributed by atoms with Crippen molar-refractivity contribution in [2.24, 2.45) is 21.9 Å². The molecule has 2 fully saturated rings. The van der Waals surface area contributed by atoms with Crippen LogP contribution in [0.5, 0.6) is 0 Å². The molecule has 1 atom stereocenters. The van der Waals surface area contributed by atoms with Gasteiger partial charge in [0.25, 0.3) is 0 Å². The van der Waals surface area contributed by atoms with Crippen LogP contribution < -0.4 is 0 Å². The van der Waals surface area contributed by atoms with Crippen LogP contribution in [0.2, 0.25) is 0 Å². The molecule has 1 N–H and O–H groups in total. The van der Waals surface area contributed by atoms with Crippen molar-refractivity contribution in [3.63, 3.8) is 0 Å². The van der Waals surface area contributed by atoms with Crippen molar-refractivity contribution in [3.8, 4) is 0 Å². The molecule has 0 aromatic carbocycles. The van der Waals surface area contributed by atoms with Gasteiger partial charge in [0.1, 0.15) is 5.84 Å². The average Bonchev–Trinajstić information content (AvgIpc) is 3.06. The molecule has 29 heavy (non-hydrogen) atoms. The van der Waals surface area contributed by atoms with Gasteiger partial charge in [-0.05, 0) is 78.6 Å². The topological polar surface area (TPSA) is 61.5 Å². The summed E-state index contributed by atoms with van der Waals surface area (Å²) in [6.45, 7) is 17.5. The van der Waals surface area contributed by atoms with E-state index in [2.05, 4.69) is 59.4 Å². The van der Waals surface area contributed by atoms with Crippen LogP contribution in [0.1, 0.15) is 33.6 Å². The Balaban J connectivity index is 0.000000164. The van der Waals surface area contributed by atoms with Gasteiger partial charge in [-0.3, -0.25) is 5.41 Å². The maximum Gasteiger partial charge on any atom is 0.196 e. The van der Waals surface area contributed by atoms with Gasteiger partial charge in [-0.2, -0.15) is 10.1 Å². The Morgan fingerprint density at radius 3 is 1.90 bits per heavy atom. The molecule has 4 rings (SSSR count). The van der Waals surface area contributed by atoms with Crippen molar-refractivity contribution >= 4 is 27.8 Å². The number of likely N-dealkylation sites (N-methyl/N-ethyl adjacent to an activating group) is 2. The van der Waals surface area contributed by atoms with Crippen molar-refractivity contribution in [3.05, 3.63) is 12.3 Å². The molecule has 4 heterocycles. The summed E-state index contributed by atoms with van der Waals surface area (Å²) in [7, 11) is 6.55. The smallest absolute Gasteiger partial charge is 0.196 e. The Morgan fingerprint density at radius 2 is 1.41 bits per heavy atom. The Labute approximate surface area is 181 Å². The molecule has 0 aromatic rings. The van der Waals surface area contributed by atoms with E-state index in [0.717, 1.165) is 21.8 Å². The van der Waals surface area contributed by atoms with E-state index in [4.69, 9.17) is 5.41 Å². The molecule has 1 unspecified atom stereocenters. The average molecular weight is 422 g/mol. The molecule has 0 spiro atoms. The maximum absolute atomic E-state index is 7.81. The minimum Gasteiger partial charge on any atom is -0.306 e. The van der Waals surface area contributed by atoms with E-state index in [1.165, 1.54) is 63.9 Å². The molecule has 2 saturated heterocycles. The quantitative estimate of drug-likeness (QED) is 0.651. The summed E-state index contributed by atoms with van der Waals surface area (Å²) in [5.41, 5.74) is 0.744. The highest BCUT2D eigenvalue weighted by Crippen LogP contribution is 2.30. The number of rotatable bonds is 0. The number of likely N-dealkylation sites (tertiary alicyclic amines) is 1. The second kappa shape index (κ2) is 11.2. The summed E-state index contributed by atoms with van der Waals surface area (Å²) < 4.78 is 0. The molecule has 4 aliphatic heterocycles. The van der Waals surface area contributed by atoms with Gasteiger partial charge in [-0.15, -0.1) is 0 Å². The van der Waals surface area contributed by atoms with Crippen LogP contribution in [0, 0.1) is 17.2 Å². The van der Waals surface area contributed by atoms with Crippen LogP contribution in [0.25, 0.3) is 0 Å². The van der Waals surface area contributed by atoms with Crippen LogP contribution >= 0.6 is 11.8 Å². The maximum atomic E-state index is 7.81. The second-order valence-electron chi connectivity index (χ2n) is 8.62. The van der Waals surface area contributed by atoms with Crippen LogP contribution in [-0.2, 0) is 0 Å². The molecule has 0 bridgehead atoms. The summed E-state index contributed by atoms with van der Waals surface area (Å²) in [5.74, 6) is 1.41. The molecule has 8 heteroatoms. The minimum absolute atomic E-state index is 0.0287. The number of nitrogens with one attached hydrogen (secondary N) is 1. The van der Waals surface area contributed by atoms with Gasteiger partial charge in [0.05, 0.1) is 11.0 Å². The van der Waals surface area contributed by atoms with E-state index in [1.54, 1.807) is 5.01 Å². The number of piperidine rings is 1. The first-order valence-corrected chi connectivity index (χ1v) is 11.4. The number of fused-ring (bicyclic) bond motifs is 1. The highest BCUT2D eigenvalue weighted by Gasteiger charge is 2.32. The number of nitrogens with zero attached hydrogens (tertiary/aromatic N) is 6. The highest BCUT2D eigenvalue weighted by atomic mass is 32.2. The van der Waals surface area contributed by atoms with Gasteiger partial charge in [0.15, 0.2) is 5.17 Å². The second-order valence-corrected chi connectivity index (χ2v) is 9.78. The number of thioether (sulfide) groups is 1. The fraction of sp³-hybridized carbons (Fsp3) is 0.762. The fourth-order valence-electron chi connectivity index (χ4n) is 3.21. The minimum atomic E-state index is -0.0287. The third kappa shape index (κ3) is 7.51. The Hall–Kier alpha value is -1.22. The summed E-state index contributed by atoms with van der Waals surface area (Å²) in [5, 5.41) is 15.3. The monoisotopic (exact) mass is 421 g/mol. The third-order valence-electron chi connectivity index (χ3n) is 5.77. The third-order valence-corrected chi connectivity index (χ3v) is 6.60. The molecule has 0 radical (unpaired) electrons. The lowest BCUT2D eigenvalue weighted by Gasteiger charge is -2.28. The normalized spacial score (nSPS) is 26.7. The van der Waals surface area contributed by atoms with Gasteiger partial charge in [-0.1, -0.05) is 13.5 Å². The standard InChI is InChI=1S/C8H10N4S.C7H15N.C6H14N2/c1-4-5(2)10-8-12(7(4)9)11-6(3)13-8;2*1-7-3-5-8(2)6-4-7/h4,9H,2H2,1,3H3;7H,3-6H2,1-2H3;3-6H2,1-2H3. The van der Waals surface area contributed by atoms with Crippen molar-refractivity contribution in [1.82, 2.24) is 19.7 Å². The van der Waals surface area contributed by atoms with Gasteiger partial charge in [0.2, 0.25) is 0 Å². The Bertz CT molecular complexity index is 589. The predicted molar refractivity (Wildman–Crippen MR) is 127 cm³/mol. The van der Waals surface area contributed by atoms with E-state index in [0.29, 0.717) is 5.84 Å². The first-order chi connectivity index (χ1) is 13.7. The van der Waals surface area contributed by atoms with Crippen molar-refractivity contribution in [2.45, 2.75) is 33.6 Å². The molecule has 0 aromatic heterocycles. The number of hydrazone groups is 1. The lowest BCUT2D eigenvalue weighted by Crippen LogP contribution is -2.42. The molecule has 0 saturated carbocycles. The molecule has 4 aliphatic rings. The van der Waals surface area contributed by atoms with Crippen molar-refractivity contribution in [2.75, 3.05) is 60.4 Å². The largest absolute Gasteiger partial charge is 0.306 e. The zero-order valence-corrected chi connectivity index (χ0v) is 19.9. The number of hydrogen-bond donors (Lipinski definition) is 1. The van der Waals surface area contributed by atoms with Crippen LogP contribution in [0.3, 0.4) is 0 Å². The zero-order valence-electron chi connectivity index (χ0n) is 19.1. The van der Waals surface area contributed by atoms with E-state index in [1.807, 2.05) is 13.8 Å². The number of aliphatic imine (C=N–C) groups is 1. The van der Waals surface area contributed by atoms with E-state index >= 15 is 0 Å². The van der Waals surface area contributed by atoms with Crippen molar-refractivity contribution < 1.29 is 0 Å². The van der Waals surface area contributed by atoms with Crippen LogP contribution in [-0.4, -0.2) is 96.2 Å². The number of hydrogen-bond acceptors (Lipinski definition) is 7. The lowest BCUT2D eigenvalue weighted by atomic mass is 10.00. The van der Waals surface area contributed by atoms with E-state index < -0.39 is 0 Å². The predicted octanol–water partition coefficient (Wildman–Crippen LogP) is 3.08. The SMILES string of the molecule is C=C1N=C2SC(C)=NN2C(=N)C1C.CC1CCN(C)CC1.CN1CCN(C)CC1. The fourth-order valence-corrected chi connectivity index (χ4v) is 3.99. The first kappa shape index (κ1) is 24.1. The molecule has 0 amide bonds. The molecule has 7 nitrogen and oxygen atoms in total. The van der Waals surface area contributed by atoms with Gasteiger partial charge < -0.3 is 14.7 Å². The van der Waals surface area contributed by atoms with Gasteiger partial charge in [-0.25, -0.2) is 4.99 Å². The Morgan fingerprint density at radius 1 is 0.931 bits per heavy atom. The summed E-state index contributed by atoms with van der Waals surface area (Å²) in [6, 6.07) is 0. The van der Waals surface area contributed by atoms with E-state index in [-0.39, 0.29) is 5.92 Å². The zero-order chi connectivity index (χ0) is 21.6. The van der Waals surface area contributed by atoms with Gasteiger partial charge >= 0.3 is 0 Å². The first-order valence-electron chi connectivity index (χ1n) is 10.6. The molecule has 0 aliphatic carbocycles. The Kier molecular flexibility index (Phi) is 9.33. The lowest BCUT2D eigenvalue weighted by molar-refractivity contribution is 0.181. The van der Waals surface area contributed by atoms with E-state index in [9.17, 15) is 0 Å². The highest BCUT2D eigenvalue weighted by molar-refractivity contribution is 8.26. The molecule has 164 valence electrons. The van der Waals surface area contributed by atoms with Crippen LogP contribution in [0.4, 0.5) is 0 Å². The molecular formula is C21H39N7S. The number of piperazine rings is 1.